The van der Waals surface area contributed by atoms with Crippen molar-refractivity contribution in [1.29, 1.82) is 0 Å². The third-order valence-electron chi connectivity index (χ3n) is 3.24. The van der Waals surface area contributed by atoms with E-state index in [1.54, 1.807) is 19.1 Å². The van der Waals surface area contributed by atoms with Crippen LogP contribution in [0.5, 0.6) is 11.5 Å². The molecule has 106 valence electrons. The summed E-state index contributed by atoms with van der Waals surface area (Å²) in [5, 5.41) is 0. The van der Waals surface area contributed by atoms with Gasteiger partial charge in [0.15, 0.2) is 0 Å². The van der Waals surface area contributed by atoms with Gasteiger partial charge in [-0.3, -0.25) is 0 Å². The number of nitrogens with two attached hydrogens (primary N) is 1. The lowest BCUT2D eigenvalue weighted by molar-refractivity contribution is 0.460. The van der Waals surface area contributed by atoms with Gasteiger partial charge in [-0.25, -0.2) is 4.39 Å². The molecule has 0 amide bonds. The highest BCUT2D eigenvalue weighted by Crippen LogP contribution is 2.31. The van der Waals surface area contributed by atoms with E-state index < -0.39 is 6.04 Å². The van der Waals surface area contributed by atoms with Crippen molar-refractivity contribution in [2.24, 2.45) is 5.73 Å². The largest absolute Gasteiger partial charge is 0.457 e. The molecule has 2 rings (SSSR count). The minimum Gasteiger partial charge on any atom is -0.457 e. The van der Waals surface area contributed by atoms with Crippen LogP contribution in [0.1, 0.15) is 43.9 Å². The Labute approximate surface area is 119 Å². The lowest BCUT2D eigenvalue weighted by Crippen LogP contribution is -2.09. The molecular weight excluding hydrogens is 253 g/mol. The molecule has 1 atom stereocenters. The zero-order valence-electron chi connectivity index (χ0n) is 12.1. The molecule has 2 aromatic carbocycles. The standard InChI is InChI=1S/C17H20FNO/c1-11(2)13-7-9-14(10-8-13)20-16-6-4-5-15(18)17(16)12(3)19/h4-12H,19H2,1-3H3/t12-/m0/s1. The monoisotopic (exact) mass is 273 g/mol. The van der Waals surface area contributed by atoms with E-state index in [-0.39, 0.29) is 5.82 Å². The van der Waals surface area contributed by atoms with E-state index in [9.17, 15) is 4.39 Å². The van der Waals surface area contributed by atoms with Crippen molar-refractivity contribution in [3.8, 4) is 11.5 Å². The molecule has 0 bridgehead atoms. The van der Waals surface area contributed by atoms with E-state index in [2.05, 4.69) is 13.8 Å². The van der Waals surface area contributed by atoms with E-state index in [1.165, 1.54) is 11.6 Å². The van der Waals surface area contributed by atoms with Crippen LogP contribution in [0, 0.1) is 5.82 Å². The molecule has 0 spiro atoms. The SMILES string of the molecule is CC(C)c1ccc(Oc2cccc(F)c2[C@H](C)N)cc1. The van der Waals surface area contributed by atoms with Crippen LogP contribution >= 0.6 is 0 Å². The number of ether oxygens (including phenoxy) is 1. The maximum atomic E-state index is 13.8. The van der Waals surface area contributed by atoms with Gasteiger partial charge in [-0.05, 0) is 42.7 Å². The summed E-state index contributed by atoms with van der Waals surface area (Å²) in [4.78, 5) is 0. The number of hydrogen-bond acceptors (Lipinski definition) is 2. The molecule has 0 saturated heterocycles. The Balaban J connectivity index is 2.28. The fraction of sp³-hybridized carbons (Fsp3) is 0.294. The first-order chi connectivity index (χ1) is 9.49. The molecule has 0 aliphatic carbocycles. The van der Waals surface area contributed by atoms with Crippen LogP contribution in [0.25, 0.3) is 0 Å². The van der Waals surface area contributed by atoms with Crippen molar-refractivity contribution < 1.29 is 9.13 Å². The van der Waals surface area contributed by atoms with Gasteiger partial charge in [0.25, 0.3) is 0 Å². The molecule has 0 radical (unpaired) electrons. The van der Waals surface area contributed by atoms with E-state index in [0.29, 0.717) is 23.0 Å². The molecule has 2 N–H and O–H groups in total. The van der Waals surface area contributed by atoms with Crippen molar-refractivity contribution in [2.75, 3.05) is 0 Å². The second kappa shape index (κ2) is 6.06. The molecule has 0 fully saturated rings. The minimum atomic E-state index is -0.416. The molecule has 2 aromatic rings. The highest BCUT2D eigenvalue weighted by atomic mass is 19.1. The average Bonchev–Trinajstić information content (AvgIpc) is 2.39. The predicted molar refractivity (Wildman–Crippen MR) is 79.6 cm³/mol. The van der Waals surface area contributed by atoms with Gasteiger partial charge in [0.1, 0.15) is 17.3 Å². The van der Waals surface area contributed by atoms with Crippen LogP contribution in [0.15, 0.2) is 42.5 Å². The maximum Gasteiger partial charge on any atom is 0.135 e. The first kappa shape index (κ1) is 14.5. The van der Waals surface area contributed by atoms with E-state index >= 15 is 0 Å². The number of halogens is 1. The van der Waals surface area contributed by atoms with Crippen LogP contribution in [-0.2, 0) is 0 Å². The summed E-state index contributed by atoms with van der Waals surface area (Å²) in [5.74, 6) is 1.29. The van der Waals surface area contributed by atoms with Gasteiger partial charge < -0.3 is 10.5 Å². The van der Waals surface area contributed by atoms with Gasteiger partial charge in [-0.15, -0.1) is 0 Å². The quantitative estimate of drug-likeness (QED) is 0.871. The van der Waals surface area contributed by atoms with Gasteiger partial charge in [0, 0.05) is 11.6 Å². The summed E-state index contributed by atoms with van der Waals surface area (Å²) in [5.41, 5.74) is 7.46. The molecular formula is C17H20FNO. The Hall–Kier alpha value is -1.87. The topological polar surface area (TPSA) is 35.2 Å². The summed E-state index contributed by atoms with van der Waals surface area (Å²) in [6.07, 6.45) is 0. The fourth-order valence-electron chi connectivity index (χ4n) is 2.10. The first-order valence-corrected chi connectivity index (χ1v) is 6.81. The Bertz CT molecular complexity index is 576. The van der Waals surface area contributed by atoms with Gasteiger partial charge in [0.2, 0.25) is 0 Å². The normalized spacial score (nSPS) is 12.5. The number of hydrogen-bond donors (Lipinski definition) is 1. The smallest absolute Gasteiger partial charge is 0.135 e. The molecule has 20 heavy (non-hydrogen) atoms. The summed E-state index contributed by atoms with van der Waals surface area (Å²) in [7, 11) is 0. The highest BCUT2D eigenvalue weighted by molar-refractivity contribution is 5.41. The van der Waals surface area contributed by atoms with E-state index in [4.69, 9.17) is 10.5 Å². The zero-order chi connectivity index (χ0) is 14.7. The van der Waals surface area contributed by atoms with Crippen LogP contribution < -0.4 is 10.5 Å². The summed E-state index contributed by atoms with van der Waals surface area (Å²) in [6, 6.07) is 12.2. The molecule has 3 heteroatoms. The molecule has 2 nitrogen and oxygen atoms in total. The van der Waals surface area contributed by atoms with Crippen LogP contribution in [0.4, 0.5) is 4.39 Å². The lowest BCUT2D eigenvalue weighted by Gasteiger charge is -2.15. The number of benzene rings is 2. The second-order valence-corrected chi connectivity index (χ2v) is 5.27. The Kier molecular flexibility index (Phi) is 4.40. The average molecular weight is 273 g/mol. The molecule has 0 aliphatic heterocycles. The van der Waals surface area contributed by atoms with Crippen molar-refractivity contribution in [1.82, 2.24) is 0 Å². The number of rotatable bonds is 4. The first-order valence-electron chi connectivity index (χ1n) is 6.81. The van der Waals surface area contributed by atoms with Gasteiger partial charge in [-0.1, -0.05) is 32.0 Å². The molecule has 0 heterocycles. The Morgan fingerprint density at radius 2 is 1.65 bits per heavy atom. The molecule has 0 aliphatic rings. The molecule has 0 aromatic heterocycles. The maximum absolute atomic E-state index is 13.8. The van der Waals surface area contributed by atoms with Crippen molar-refractivity contribution in [3.05, 3.63) is 59.4 Å². The van der Waals surface area contributed by atoms with E-state index in [0.717, 1.165) is 0 Å². The lowest BCUT2D eigenvalue weighted by atomic mass is 10.0. The van der Waals surface area contributed by atoms with Crippen molar-refractivity contribution in [2.45, 2.75) is 32.7 Å². The molecule has 0 saturated carbocycles. The highest BCUT2D eigenvalue weighted by Gasteiger charge is 2.14. The summed E-state index contributed by atoms with van der Waals surface area (Å²) < 4.78 is 19.6. The third kappa shape index (κ3) is 3.17. The van der Waals surface area contributed by atoms with Gasteiger partial charge in [-0.2, -0.15) is 0 Å². The summed E-state index contributed by atoms with van der Waals surface area (Å²) >= 11 is 0. The van der Waals surface area contributed by atoms with Crippen molar-refractivity contribution in [3.63, 3.8) is 0 Å². The third-order valence-corrected chi connectivity index (χ3v) is 3.24. The zero-order valence-corrected chi connectivity index (χ0v) is 12.1. The summed E-state index contributed by atoms with van der Waals surface area (Å²) in [6.45, 7) is 6.01. The fourth-order valence-corrected chi connectivity index (χ4v) is 2.10. The van der Waals surface area contributed by atoms with Crippen molar-refractivity contribution >= 4 is 0 Å². The Morgan fingerprint density at radius 3 is 2.20 bits per heavy atom. The van der Waals surface area contributed by atoms with E-state index in [1.807, 2.05) is 24.3 Å². The van der Waals surface area contributed by atoms with Crippen LogP contribution in [0.3, 0.4) is 0 Å². The van der Waals surface area contributed by atoms with Crippen LogP contribution in [0.2, 0.25) is 0 Å². The minimum absolute atomic E-state index is 0.337. The Morgan fingerprint density at radius 1 is 1.00 bits per heavy atom. The molecule has 0 unspecified atom stereocenters. The van der Waals surface area contributed by atoms with Crippen LogP contribution in [-0.4, -0.2) is 0 Å². The second-order valence-electron chi connectivity index (χ2n) is 5.27. The van der Waals surface area contributed by atoms with Gasteiger partial charge >= 0.3 is 0 Å². The predicted octanol–water partition coefficient (Wildman–Crippen LogP) is 4.76. The van der Waals surface area contributed by atoms with Gasteiger partial charge in [0.05, 0.1) is 0 Å².